The fourth-order valence-corrected chi connectivity index (χ4v) is 4.02. The maximum absolute atomic E-state index is 11.5. The number of hydrogen-bond acceptors (Lipinski definition) is 6. The van der Waals surface area contributed by atoms with Crippen molar-refractivity contribution < 1.29 is 25.9 Å². The molecule has 0 saturated carbocycles. The van der Waals surface area contributed by atoms with Gasteiger partial charge in [-0.2, -0.15) is 21.9 Å². The molecule has 0 aromatic heterocycles. The van der Waals surface area contributed by atoms with Gasteiger partial charge in [0, 0.05) is 5.39 Å². The van der Waals surface area contributed by atoms with Crippen molar-refractivity contribution in [3.05, 3.63) is 30.3 Å². The zero-order valence-corrected chi connectivity index (χ0v) is 11.3. The van der Waals surface area contributed by atoms with Gasteiger partial charge in [-0.25, -0.2) is 5.53 Å². The second-order valence-electron chi connectivity index (χ2n) is 3.84. The summed E-state index contributed by atoms with van der Waals surface area (Å²) in [6, 6.07) is 6.83. The van der Waals surface area contributed by atoms with Gasteiger partial charge in [0.2, 0.25) is 0 Å². The first kappa shape index (κ1) is 14.5. The zero-order chi connectivity index (χ0) is 15.1. The molecule has 2 rings (SSSR count). The smallest absolute Gasteiger partial charge is 0.282 e. The van der Waals surface area contributed by atoms with Crippen LogP contribution in [0.3, 0.4) is 0 Å². The highest BCUT2D eigenvalue weighted by Gasteiger charge is 2.30. The van der Waals surface area contributed by atoms with E-state index in [2.05, 4.69) is 5.11 Å². The van der Waals surface area contributed by atoms with Crippen molar-refractivity contribution in [1.82, 2.24) is 0 Å². The van der Waals surface area contributed by atoms with Crippen molar-refractivity contribution in [3.8, 4) is 0 Å². The summed E-state index contributed by atoms with van der Waals surface area (Å²) in [5, 5.41) is 3.04. The molecule has 20 heavy (non-hydrogen) atoms. The molecule has 0 aliphatic carbocycles. The van der Waals surface area contributed by atoms with E-state index in [4.69, 9.17) is 10.1 Å². The molecule has 0 aliphatic heterocycles. The molecule has 0 aliphatic rings. The first-order chi connectivity index (χ1) is 9.16. The van der Waals surface area contributed by atoms with Crippen LogP contribution >= 0.6 is 0 Å². The lowest BCUT2D eigenvalue weighted by atomic mass is 10.1. The van der Waals surface area contributed by atoms with Crippen LogP contribution in [0.2, 0.25) is 0 Å². The summed E-state index contributed by atoms with van der Waals surface area (Å²) in [4.78, 5) is -2.11. The quantitative estimate of drug-likeness (QED) is 0.583. The molecule has 2 aromatic rings. The number of nitrogens with zero attached hydrogens (tertiary/aromatic N) is 1. The van der Waals surface area contributed by atoms with Crippen LogP contribution in [-0.2, 0) is 20.2 Å². The Bertz CT molecular complexity index is 918. The van der Waals surface area contributed by atoms with E-state index >= 15 is 0 Å². The van der Waals surface area contributed by atoms with Crippen molar-refractivity contribution in [3.63, 3.8) is 0 Å². The molecule has 2 aromatic carbocycles. The normalized spacial score (nSPS) is 12.5. The Hall–Kier alpha value is -1.88. The molecular weight excluding hydrogens is 308 g/mol. The van der Waals surface area contributed by atoms with Crippen molar-refractivity contribution >= 4 is 36.7 Å². The average Bonchev–Trinajstić information content (AvgIpc) is 2.34. The highest BCUT2D eigenvalue weighted by Crippen LogP contribution is 2.37. The monoisotopic (exact) mass is 316 g/mol. The minimum atomic E-state index is -5.00. The van der Waals surface area contributed by atoms with Gasteiger partial charge in [-0.15, -0.1) is 0 Å². The van der Waals surface area contributed by atoms with E-state index in [1.165, 1.54) is 18.2 Å². The number of fused-ring (bicyclic) bond motifs is 1. The van der Waals surface area contributed by atoms with Gasteiger partial charge in [0.1, 0.15) is 15.5 Å². The Morgan fingerprint density at radius 3 is 2.00 bits per heavy atom. The average molecular weight is 316 g/mol. The second-order valence-corrected chi connectivity index (χ2v) is 6.55. The molecular formula is C10H8N2O6S2. The predicted molar refractivity (Wildman–Crippen MR) is 68.4 cm³/mol. The number of benzene rings is 2. The molecule has 0 radical (unpaired) electrons. The van der Waals surface area contributed by atoms with Gasteiger partial charge in [-0.1, -0.05) is 24.3 Å². The molecule has 0 spiro atoms. The molecule has 0 fully saturated rings. The van der Waals surface area contributed by atoms with E-state index in [0.29, 0.717) is 0 Å². The molecule has 3 N–H and O–H groups in total. The SMILES string of the molecule is N=Nc1cc2ccccc2c(S(=O)(=O)O)c1S(=O)(=O)O. The third kappa shape index (κ3) is 2.41. The van der Waals surface area contributed by atoms with E-state index in [0.717, 1.165) is 6.07 Å². The van der Waals surface area contributed by atoms with E-state index in [1.807, 2.05) is 0 Å². The maximum atomic E-state index is 11.5. The molecule has 10 heteroatoms. The molecule has 0 heterocycles. The van der Waals surface area contributed by atoms with Crippen LogP contribution in [0.1, 0.15) is 0 Å². The van der Waals surface area contributed by atoms with Gasteiger partial charge in [-0.3, -0.25) is 9.11 Å². The fraction of sp³-hybridized carbons (Fsp3) is 0. The Labute approximate surface area is 114 Å². The van der Waals surface area contributed by atoms with Gasteiger partial charge < -0.3 is 0 Å². The van der Waals surface area contributed by atoms with Crippen molar-refractivity contribution in [2.75, 3.05) is 0 Å². The lowest BCUT2D eigenvalue weighted by Crippen LogP contribution is -2.09. The molecule has 0 bridgehead atoms. The highest BCUT2D eigenvalue weighted by molar-refractivity contribution is 7.89. The minimum absolute atomic E-state index is 0.102. The van der Waals surface area contributed by atoms with Gasteiger partial charge >= 0.3 is 0 Å². The highest BCUT2D eigenvalue weighted by atomic mass is 32.2. The third-order valence-electron chi connectivity index (χ3n) is 2.57. The van der Waals surface area contributed by atoms with E-state index in [-0.39, 0.29) is 10.8 Å². The Morgan fingerprint density at radius 2 is 1.50 bits per heavy atom. The van der Waals surface area contributed by atoms with Gasteiger partial charge in [-0.05, 0) is 11.5 Å². The summed E-state index contributed by atoms with van der Waals surface area (Å²) in [6.45, 7) is 0. The van der Waals surface area contributed by atoms with Crippen molar-refractivity contribution in [2.24, 2.45) is 5.11 Å². The molecule has 106 valence electrons. The number of hydrogen-bond donors (Lipinski definition) is 3. The first-order valence-electron chi connectivity index (χ1n) is 5.04. The maximum Gasteiger partial charge on any atom is 0.298 e. The Morgan fingerprint density at radius 1 is 0.950 bits per heavy atom. The van der Waals surface area contributed by atoms with E-state index in [9.17, 15) is 21.4 Å². The first-order valence-corrected chi connectivity index (χ1v) is 7.92. The van der Waals surface area contributed by atoms with Gasteiger partial charge in [0.15, 0.2) is 0 Å². The molecule has 0 saturated heterocycles. The Kier molecular flexibility index (Phi) is 3.34. The van der Waals surface area contributed by atoms with Crippen LogP contribution in [-0.4, -0.2) is 25.9 Å². The van der Waals surface area contributed by atoms with Crippen LogP contribution in [0.25, 0.3) is 10.8 Å². The number of rotatable bonds is 3. The van der Waals surface area contributed by atoms with Crippen LogP contribution in [0.5, 0.6) is 0 Å². The fourth-order valence-electron chi connectivity index (χ4n) is 1.87. The summed E-state index contributed by atoms with van der Waals surface area (Å²) in [5.41, 5.74) is 6.33. The lowest BCUT2D eigenvalue weighted by molar-refractivity contribution is 0.468. The summed E-state index contributed by atoms with van der Waals surface area (Å²) < 4.78 is 64.0. The van der Waals surface area contributed by atoms with E-state index < -0.39 is 35.7 Å². The summed E-state index contributed by atoms with van der Waals surface area (Å²) in [7, 11) is -9.96. The van der Waals surface area contributed by atoms with E-state index in [1.54, 1.807) is 6.07 Å². The topological polar surface area (TPSA) is 145 Å². The van der Waals surface area contributed by atoms with Crippen molar-refractivity contribution in [1.29, 1.82) is 5.53 Å². The van der Waals surface area contributed by atoms with Crippen LogP contribution < -0.4 is 0 Å². The predicted octanol–water partition coefficient (Wildman–Crippen LogP) is 2.00. The minimum Gasteiger partial charge on any atom is -0.282 e. The largest absolute Gasteiger partial charge is 0.298 e. The summed E-state index contributed by atoms with van der Waals surface area (Å²) in [5.74, 6) is 0. The van der Waals surface area contributed by atoms with Crippen LogP contribution in [0.4, 0.5) is 5.69 Å². The van der Waals surface area contributed by atoms with Gasteiger partial charge in [0.05, 0.1) is 0 Å². The van der Waals surface area contributed by atoms with Crippen molar-refractivity contribution in [2.45, 2.75) is 9.79 Å². The molecule has 0 atom stereocenters. The second kappa shape index (κ2) is 4.59. The third-order valence-corrected chi connectivity index (χ3v) is 4.57. The van der Waals surface area contributed by atoms with Crippen LogP contribution in [0, 0.1) is 5.53 Å². The molecule has 8 nitrogen and oxygen atoms in total. The zero-order valence-electron chi connectivity index (χ0n) is 9.68. The summed E-state index contributed by atoms with van der Waals surface area (Å²) in [6.07, 6.45) is 0. The van der Waals surface area contributed by atoms with Gasteiger partial charge in [0.25, 0.3) is 20.2 Å². The summed E-state index contributed by atoms with van der Waals surface area (Å²) >= 11 is 0. The molecule has 0 amide bonds. The number of nitrogens with one attached hydrogen (secondary N) is 1. The Balaban J connectivity index is 3.22. The lowest BCUT2D eigenvalue weighted by Gasteiger charge is -2.10. The molecule has 0 unspecified atom stereocenters. The van der Waals surface area contributed by atoms with Crippen LogP contribution in [0.15, 0.2) is 45.2 Å². The standard InChI is InChI=1S/C10H8N2O6S2/c11-12-8-5-6-3-1-2-4-7(6)9(19(13,14)15)10(8)20(16,17)18/h1-5,11H,(H,13,14,15)(H,16,17,18).